The van der Waals surface area contributed by atoms with Gasteiger partial charge in [-0.15, -0.1) is 0 Å². The van der Waals surface area contributed by atoms with E-state index in [9.17, 15) is 18.0 Å². The molecule has 2 aromatic heterocycles. The standard InChI is InChI=1S/C21H12Br2F3N3O2/c22-14-7-12-8-18(31-19(12)17(23)10-14)20(30)28-27-11-16-5-2-6-29(16)15-4-1-3-13(9-15)21(24,25)26/h1-11H,(H,28,30)/b27-11-. The molecule has 1 amide bonds. The van der Waals surface area contributed by atoms with Crippen LogP contribution in [-0.4, -0.2) is 16.7 Å². The molecule has 0 unspecified atom stereocenters. The summed E-state index contributed by atoms with van der Waals surface area (Å²) in [7, 11) is 0. The third kappa shape index (κ3) is 4.59. The molecular formula is C21H12Br2F3N3O2. The van der Waals surface area contributed by atoms with Gasteiger partial charge >= 0.3 is 12.1 Å². The molecule has 0 saturated carbocycles. The summed E-state index contributed by atoms with van der Waals surface area (Å²) < 4.78 is 47.6. The molecule has 5 nitrogen and oxygen atoms in total. The lowest BCUT2D eigenvalue weighted by molar-refractivity contribution is -0.137. The van der Waals surface area contributed by atoms with Crippen molar-refractivity contribution in [2.75, 3.05) is 0 Å². The summed E-state index contributed by atoms with van der Waals surface area (Å²) in [5.41, 5.74) is 2.94. The third-order valence-corrected chi connectivity index (χ3v) is 5.40. The van der Waals surface area contributed by atoms with Gasteiger partial charge in [0.2, 0.25) is 0 Å². The molecule has 2 heterocycles. The zero-order valence-corrected chi connectivity index (χ0v) is 18.6. The number of hydrogen-bond donors (Lipinski definition) is 1. The van der Waals surface area contributed by atoms with E-state index in [-0.39, 0.29) is 5.76 Å². The third-order valence-electron chi connectivity index (χ3n) is 4.35. The summed E-state index contributed by atoms with van der Waals surface area (Å²) in [5.74, 6) is -0.494. The van der Waals surface area contributed by atoms with Gasteiger partial charge in [-0.1, -0.05) is 22.0 Å². The maximum Gasteiger partial charge on any atom is 0.416 e. The highest BCUT2D eigenvalue weighted by Crippen LogP contribution is 2.31. The molecule has 0 saturated heterocycles. The van der Waals surface area contributed by atoms with Crippen LogP contribution >= 0.6 is 31.9 Å². The number of amides is 1. The number of halogens is 5. The maximum absolute atomic E-state index is 13.0. The highest BCUT2D eigenvalue weighted by molar-refractivity contribution is 9.11. The molecule has 31 heavy (non-hydrogen) atoms. The van der Waals surface area contributed by atoms with Crippen LogP contribution in [0.3, 0.4) is 0 Å². The van der Waals surface area contributed by atoms with Crippen molar-refractivity contribution >= 4 is 55.0 Å². The number of alkyl halides is 3. The second-order valence-electron chi connectivity index (χ2n) is 6.47. The van der Waals surface area contributed by atoms with E-state index in [1.165, 1.54) is 16.8 Å². The zero-order chi connectivity index (χ0) is 22.2. The van der Waals surface area contributed by atoms with Gasteiger partial charge in [0.1, 0.15) is 5.58 Å². The first-order valence-corrected chi connectivity index (χ1v) is 10.4. The number of furan rings is 1. The van der Waals surface area contributed by atoms with E-state index in [1.807, 2.05) is 6.07 Å². The summed E-state index contributed by atoms with van der Waals surface area (Å²) in [6.45, 7) is 0. The van der Waals surface area contributed by atoms with Gasteiger partial charge in [0.25, 0.3) is 0 Å². The van der Waals surface area contributed by atoms with Crippen molar-refractivity contribution in [1.82, 2.24) is 9.99 Å². The first-order chi connectivity index (χ1) is 14.7. The Kier molecular flexibility index (Phi) is 5.76. The van der Waals surface area contributed by atoms with Gasteiger partial charge in [-0.2, -0.15) is 18.3 Å². The molecule has 10 heteroatoms. The average molecular weight is 555 g/mol. The SMILES string of the molecule is O=C(N/N=C\c1cccn1-c1cccc(C(F)(F)F)c1)c1cc2cc(Br)cc(Br)c2o1. The minimum atomic E-state index is -4.44. The van der Waals surface area contributed by atoms with Crippen molar-refractivity contribution in [3.63, 3.8) is 0 Å². The molecule has 4 aromatic rings. The van der Waals surface area contributed by atoms with Crippen LogP contribution in [0.2, 0.25) is 0 Å². The Balaban J connectivity index is 1.53. The molecule has 2 aromatic carbocycles. The van der Waals surface area contributed by atoms with E-state index < -0.39 is 17.6 Å². The molecule has 0 atom stereocenters. The van der Waals surface area contributed by atoms with Crippen LogP contribution in [0.4, 0.5) is 13.2 Å². The molecule has 1 N–H and O–H groups in total. The van der Waals surface area contributed by atoms with E-state index in [2.05, 4.69) is 42.4 Å². The summed E-state index contributed by atoms with van der Waals surface area (Å²) in [6.07, 6.45) is -1.50. The van der Waals surface area contributed by atoms with Crippen molar-refractivity contribution in [2.24, 2.45) is 5.10 Å². The number of carbonyl (C=O) groups is 1. The van der Waals surface area contributed by atoms with Crippen molar-refractivity contribution in [3.8, 4) is 5.69 Å². The fraction of sp³-hybridized carbons (Fsp3) is 0.0476. The molecule has 0 bridgehead atoms. The van der Waals surface area contributed by atoms with Crippen LogP contribution in [0.25, 0.3) is 16.7 Å². The minimum Gasteiger partial charge on any atom is -0.450 e. The number of hydrogen-bond acceptors (Lipinski definition) is 3. The number of rotatable bonds is 4. The number of carbonyl (C=O) groups excluding carboxylic acids is 1. The summed E-state index contributed by atoms with van der Waals surface area (Å²) in [5, 5.41) is 4.64. The van der Waals surface area contributed by atoms with Crippen molar-refractivity contribution in [3.05, 3.63) is 86.8 Å². The van der Waals surface area contributed by atoms with Crippen molar-refractivity contribution in [2.45, 2.75) is 6.18 Å². The lowest BCUT2D eigenvalue weighted by atomic mass is 10.2. The average Bonchev–Trinajstić information content (AvgIpc) is 3.34. The van der Waals surface area contributed by atoms with Crippen LogP contribution in [0.1, 0.15) is 21.8 Å². The fourth-order valence-electron chi connectivity index (χ4n) is 2.97. The number of aromatic nitrogens is 1. The van der Waals surface area contributed by atoms with E-state index in [0.29, 0.717) is 21.4 Å². The normalized spacial score (nSPS) is 12.0. The van der Waals surface area contributed by atoms with Crippen LogP contribution in [-0.2, 0) is 6.18 Å². The van der Waals surface area contributed by atoms with Crippen molar-refractivity contribution < 1.29 is 22.4 Å². The van der Waals surface area contributed by atoms with E-state index in [1.54, 1.807) is 36.5 Å². The van der Waals surface area contributed by atoms with E-state index in [4.69, 9.17) is 4.42 Å². The van der Waals surface area contributed by atoms with E-state index in [0.717, 1.165) is 22.0 Å². The van der Waals surface area contributed by atoms with Gasteiger partial charge in [-0.25, -0.2) is 5.43 Å². The summed E-state index contributed by atoms with van der Waals surface area (Å²) in [6, 6.07) is 13.4. The Morgan fingerprint density at radius 3 is 2.68 bits per heavy atom. The predicted molar refractivity (Wildman–Crippen MR) is 117 cm³/mol. The number of fused-ring (bicyclic) bond motifs is 1. The van der Waals surface area contributed by atoms with Gasteiger partial charge < -0.3 is 8.98 Å². The summed E-state index contributed by atoms with van der Waals surface area (Å²) in [4.78, 5) is 12.4. The molecule has 0 fully saturated rings. The van der Waals surface area contributed by atoms with Crippen LogP contribution in [0, 0.1) is 0 Å². The number of nitrogens with zero attached hydrogens (tertiary/aromatic N) is 2. The summed E-state index contributed by atoms with van der Waals surface area (Å²) >= 11 is 6.75. The Morgan fingerprint density at radius 1 is 1.10 bits per heavy atom. The molecular weight excluding hydrogens is 543 g/mol. The van der Waals surface area contributed by atoms with Gasteiger partial charge in [-0.05, 0) is 64.5 Å². The lowest BCUT2D eigenvalue weighted by Gasteiger charge is -2.10. The van der Waals surface area contributed by atoms with Gasteiger partial charge in [0, 0.05) is 21.7 Å². The quantitative estimate of drug-likeness (QED) is 0.230. The molecule has 0 spiro atoms. The second kappa shape index (κ2) is 8.35. The first kappa shape index (κ1) is 21.4. The fourth-order valence-corrected chi connectivity index (χ4v) is 4.31. The molecule has 0 radical (unpaired) electrons. The topological polar surface area (TPSA) is 59.5 Å². The van der Waals surface area contributed by atoms with Gasteiger partial charge in [0.15, 0.2) is 5.76 Å². The molecule has 4 rings (SSSR count). The first-order valence-electron chi connectivity index (χ1n) is 8.79. The smallest absolute Gasteiger partial charge is 0.416 e. The van der Waals surface area contributed by atoms with Crippen LogP contribution in [0.5, 0.6) is 0 Å². The lowest BCUT2D eigenvalue weighted by Crippen LogP contribution is -2.17. The maximum atomic E-state index is 13.0. The molecule has 0 aliphatic rings. The number of hydrazone groups is 1. The van der Waals surface area contributed by atoms with Crippen LogP contribution < -0.4 is 5.43 Å². The number of nitrogens with one attached hydrogen (secondary N) is 1. The highest BCUT2D eigenvalue weighted by atomic mass is 79.9. The van der Waals surface area contributed by atoms with Gasteiger partial charge in [0.05, 0.1) is 21.9 Å². The Labute approximate surface area is 190 Å². The molecule has 158 valence electrons. The van der Waals surface area contributed by atoms with Crippen LogP contribution in [0.15, 0.2) is 79.3 Å². The monoisotopic (exact) mass is 553 g/mol. The Hall–Kier alpha value is -2.85. The van der Waals surface area contributed by atoms with E-state index >= 15 is 0 Å². The van der Waals surface area contributed by atoms with Crippen molar-refractivity contribution in [1.29, 1.82) is 0 Å². The second-order valence-corrected chi connectivity index (χ2v) is 8.24. The zero-order valence-electron chi connectivity index (χ0n) is 15.5. The largest absolute Gasteiger partial charge is 0.450 e. The number of benzene rings is 2. The minimum absolute atomic E-state index is 0.0687. The molecule has 0 aliphatic heterocycles. The Bertz CT molecular complexity index is 1310. The highest BCUT2D eigenvalue weighted by Gasteiger charge is 2.30. The van der Waals surface area contributed by atoms with Gasteiger partial charge in [-0.3, -0.25) is 4.79 Å². The molecule has 0 aliphatic carbocycles. The predicted octanol–water partition coefficient (Wildman–Crippen LogP) is 6.53. The Morgan fingerprint density at radius 2 is 1.90 bits per heavy atom.